The van der Waals surface area contributed by atoms with Gasteiger partial charge in [-0.1, -0.05) is 0 Å². The minimum absolute atomic E-state index is 0.147. The maximum atomic E-state index is 12.3. The SMILES string of the molecule is CCOc1ncccc1C(=O)O[C@@H](C)C(=O)Nc1ccc2c(c1)OCO2. The van der Waals surface area contributed by atoms with Crippen molar-refractivity contribution in [2.24, 2.45) is 0 Å². The first kappa shape index (κ1) is 17.5. The third-order valence-electron chi connectivity index (χ3n) is 3.57. The number of esters is 1. The molecule has 0 fully saturated rings. The molecule has 0 unspecified atom stereocenters. The first-order valence-electron chi connectivity index (χ1n) is 8.07. The van der Waals surface area contributed by atoms with Crippen LogP contribution >= 0.6 is 0 Å². The van der Waals surface area contributed by atoms with E-state index in [1.54, 1.807) is 31.2 Å². The molecule has 1 aromatic carbocycles. The average molecular weight is 358 g/mol. The van der Waals surface area contributed by atoms with Crippen LogP contribution in [-0.2, 0) is 9.53 Å². The van der Waals surface area contributed by atoms with Crippen LogP contribution in [0.4, 0.5) is 5.69 Å². The Morgan fingerprint density at radius 1 is 1.27 bits per heavy atom. The van der Waals surface area contributed by atoms with E-state index < -0.39 is 18.0 Å². The van der Waals surface area contributed by atoms with E-state index in [2.05, 4.69) is 10.3 Å². The Kier molecular flexibility index (Phi) is 5.21. The summed E-state index contributed by atoms with van der Waals surface area (Å²) < 4.78 is 21.0. The Balaban J connectivity index is 1.63. The lowest BCUT2D eigenvalue weighted by Crippen LogP contribution is -2.30. The van der Waals surface area contributed by atoms with Gasteiger partial charge in [0.15, 0.2) is 17.6 Å². The van der Waals surface area contributed by atoms with Gasteiger partial charge in [0.1, 0.15) is 5.56 Å². The van der Waals surface area contributed by atoms with Crippen molar-refractivity contribution in [3.8, 4) is 17.4 Å². The number of benzene rings is 1. The van der Waals surface area contributed by atoms with E-state index in [1.807, 2.05) is 0 Å². The highest BCUT2D eigenvalue weighted by atomic mass is 16.7. The number of aromatic nitrogens is 1. The summed E-state index contributed by atoms with van der Waals surface area (Å²) in [6, 6.07) is 8.13. The molecule has 136 valence electrons. The number of ether oxygens (including phenoxy) is 4. The summed E-state index contributed by atoms with van der Waals surface area (Å²) in [5.41, 5.74) is 0.676. The van der Waals surface area contributed by atoms with Crippen LogP contribution in [0.5, 0.6) is 17.4 Å². The van der Waals surface area contributed by atoms with Crippen LogP contribution in [0, 0.1) is 0 Å². The molecule has 2 heterocycles. The first-order valence-corrected chi connectivity index (χ1v) is 8.07. The molecule has 1 N–H and O–H groups in total. The van der Waals surface area contributed by atoms with Gasteiger partial charge in [0.05, 0.1) is 6.61 Å². The molecule has 0 radical (unpaired) electrons. The number of rotatable bonds is 6. The molecule has 0 aliphatic carbocycles. The highest BCUT2D eigenvalue weighted by Crippen LogP contribution is 2.34. The van der Waals surface area contributed by atoms with Crippen molar-refractivity contribution in [2.45, 2.75) is 20.0 Å². The normalized spacial score (nSPS) is 13.0. The summed E-state index contributed by atoms with van der Waals surface area (Å²) in [7, 11) is 0. The van der Waals surface area contributed by atoms with Gasteiger partial charge in [0.25, 0.3) is 5.91 Å². The summed E-state index contributed by atoms with van der Waals surface area (Å²) in [6.45, 7) is 3.77. The molecule has 26 heavy (non-hydrogen) atoms. The maximum absolute atomic E-state index is 12.3. The predicted octanol–water partition coefficient (Wildman–Crippen LogP) is 2.39. The van der Waals surface area contributed by atoms with Crippen molar-refractivity contribution in [1.82, 2.24) is 4.98 Å². The zero-order valence-electron chi connectivity index (χ0n) is 14.4. The van der Waals surface area contributed by atoms with Crippen LogP contribution in [0.15, 0.2) is 36.5 Å². The smallest absolute Gasteiger partial charge is 0.344 e. The summed E-state index contributed by atoms with van der Waals surface area (Å²) in [4.78, 5) is 28.6. The van der Waals surface area contributed by atoms with Gasteiger partial charge in [0, 0.05) is 18.0 Å². The van der Waals surface area contributed by atoms with Crippen molar-refractivity contribution < 1.29 is 28.5 Å². The molecule has 8 heteroatoms. The number of pyridine rings is 1. The third kappa shape index (κ3) is 3.85. The molecule has 0 saturated carbocycles. The second kappa shape index (κ2) is 7.73. The second-order valence-corrected chi connectivity index (χ2v) is 5.39. The summed E-state index contributed by atoms with van der Waals surface area (Å²) in [5, 5.41) is 2.67. The van der Waals surface area contributed by atoms with Gasteiger partial charge in [0.2, 0.25) is 12.7 Å². The van der Waals surface area contributed by atoms with E-state index in [1.165, 1.54) is 19.2 Å². The van der Waals surface area contributed by atoms with Gasteiger partial charge in [-0.25, -0.2) is 9.78 Å². The number of hydrogen-bond acceptors (Lipinski definition) is 7. The summed E-state index contributed by atoms with van der Waals surface area (Å²) in [5.74, 6) is 0.170. The van der Waals surface area contributed by atoms with E-state index in [4.69, 9.17) is 18.9 Å². The minimum atomic E-state index is -1.01. The van der Waals surface area contributed by atoms with Crippen LogP contribution in [0.3, 0.4) is 0 Å². The van der Waals surface area contributed by atoms with Crippen LogP contribution in [0.25, 0.3) is 0 Å². The van der Waals surface area contributed by atoms with E-state index in [-0.39, 0.29) is 18.2 Å². The molecule has 1 amide bonds. The molecule has 3 rings (SSSR count). The Hall–Kier alpha value is -3.29. The number of nitrogens with zero attached hydrogens (tertiary/aromatic N) is 1. The summed E-state index contributed by atoms with van der Waals surface area (Å²) >= 11 is 0. The molecule has 1 aliphatic rings. The lowest BCUT2D eigenvalue weighted by atomic mass is 10.2. The third-order valence-corrected chi connectivity index (χ3v) is 3.57. The van der Waals surface area contributed by atoms with E-state index in [0.29, 0.717) is 23.8 Å². The zero-order valence-corrected chi connectivity index (χ0v) is 14.4. The monoisotopic (exact) mass is 358 g/mol. The van der Waals surface area contributed by atoms with E-state index >= 15 is 0 Å². The largest absolute Gasteiger partial charge is 0.477 e. The molecule has 1 aliphatic heterocycles. The Labute approximate surface area is 150 Å². The predicted molar refractivity (Wildman–Crippen MR) is 91.5 cm³/mol. The molecule has 1 aromatic heterocycles. The lowest BCUT2D eigenvalue weighted by molar-refractivity contribution is -0.123. The fraction of sp³-hybridized carbons (Fsp3) is 0.278. The second-order valence-electron chi connectivity index (χ2n) is 5.39. The minimum Gasteiger partial charge on any atom is -0.477 e. The number of carbonyl (C=O) groups excluding carboxylic acids is 2. The van der Waals surface area contributed by atoms with Crippen molar-refractivity contribution in [1.29, 1.82) is 0 Å². The number of nitrogens with one attached hydrogen (secondary N) is 1. The van der Waals surface area contributed by atoms with Crippen molar-refractivity contribution in [3.63, 3.8) is 0 Å². The standard InChI is InChI=1S/C18H18N2O6/c1-3-23-17-13(5-4-8-19-17)18(22)26-11(2)16(21)20-12-6-7-14-15(9-12)25-10-24-14/h4-9,11H,3,10H2,1-2H3,(H,20,21)/t11-/m0/s1. The highest BCUT2D eigenvalue weighted by molar-refractivity contribution is 5.98. The Bertz CT molecular complexity index is 823. The topological polar surface area (TPSA) is 96.0 Å². The number of fused-ring (bicyclic) bond motifs is 1. The number of carbonyl (C=O) groups is 2. The molecule has 0 bridgehead atoms. The number of hydrogen-bond donors (Lipinski definition) is 1. The Morgan fingerprint density at radius 3 is 2.88 bits per heavy atom. The molecule has 8 nitrogen and oxygen atoms in total. The van der Waals surface area contributed by atoms with Crippen molar-refractivity contribution in [3.05, 3.63) is 42.1 Å². The van der Waals surface area contributed by atoms with Gasteiger partial charge in [-0.15, -0.1) is 0 Å². The Morgan fingerprint density at radius 2 is 2.08 bits per heavy atom. The average Bonchev–Trinajstić information content (AvgIpc) is 3.10. The number of amides is 1. The summed E-state index contributed by atoms with van der Waals surface area (Å²) in [6.07, 6.45) is 0.500. The van der Waals surface area contributed by atoms with Crippen LogP contribution in [0.1, 0.15) is 24.2 Å². The fourth-order valence-electron chi connectivity index (χ4n) is 2.29. The van der Waals surface area contributed by atoms with Crippen LogP contribution in [-0.4, -0.2) is 36.4 Å². The molecular formula is C18H18N2O6. The van der Waals surface area contributed by atoms with Gasteiger partial charge in [-0.3, -0.25) is 4.79 Å². The van der Waals surface area contributed by atoms with Crippen LogP contribution in [0.2, 0.25) is 0 Å². The van der Waals surface area contributed by atoms with Crippen molar-refractivity contribution in [2.75, 3.05) is 18.7 Å². The number of anilines is 1. The van der Waals surface area contributed by atoms with Gasteiger partial charge in [-0.2, -0.15) is 0 Å². The van der Waals surface area contributed by atoms with Crippen LogP contribution < -0.4 is 19.5 Å². The zero-order chi connectivity index (χ0) is 18.5. The lowest BCUT2D eigenvalue weighted by Gasteiger charge is -2.15. The van der Waals surface area contributed by atoms with Gasteiger partial charge in [-0.05, 0) is 38.1 Å². The van der Waals surface area contributed by atoms with E-state index in [0.717, 1.165) is 0 Å². The van der Waals surface area contributed by atoms with Gasteiger partial charge >= 0.3 is 5.97 Å². The van der Waals surface area contributed by atoms with Gasteiger partial charge < -0.3 is 24.3 Å². The van der Waals surface area contributed by atoms with E-state index in [9.17, 15) is 9.59 Å². The molecular weight excluding hydrogens is 340 g/mol. The van der Waals surface area contributed by atoms with Crippen molar-refractivity contribution >= 4 is 17.6 Å². The fourth-order valence-corrected chi connectivity index (χ4v) is 2.29. The molecule has 0 spiro atoms. The quantitative estimate of drug-likeness (QED) is 0.792. The highest BCUT2D eigenvalue weighted by Gasteiger charge is 2.23. The molecule has 0 saturated heterocycles. The first-order chi connectivity index (χ1) is 12.6. The molecule has 1 atom stereocenters. The maximum Gasteiger partial charge on any atom is 0.344 e. The molecule has 2 aromatic rings.